The van der Waals surface area contributed by atoms with Gasteiger partial charge in [-0.3, -0.25) is 0 Å². The molecule has 0 radical (unpaired) electrons. The molecule has 2 unspecified atom stereocenters. The predicted octanol–water partition coefficient (Wildman–Crippen LogP) is 4.40. The first-order valence-electron chi connectivity index (χ1n) is 12.0. The molecule has 5 nitrogen and oxygen atoms in total. The molecule has 0 spiro atoms. The number of rotatable bonds is 9. The van der Waals surface area contributed by atoms with Crippen molar-refractivity contribution in [2.45, 2.75) is 135 Å². The summed E-state index contributed by atoms with van der Waals surface area (Å²) in [5.74, 6) is 0. The maximum absolute atomic E-state index is 10.6. The third-order valence-electron chi connectivity index (χ3n) is 6.87. The van der Waals surface area contributed by atoms with Crippen LogP contribution in [0.15, 0.2) is 0 Å². The van der Waals surface area contributed by atoms with E-state index >= 15 is 0 Å². The number of nitrogens with one attached hydrogen (secondary N) is 2. The minimum Gasteiger partial charge on any atom is -0.314 e. The van der Waals surface area contributed by atoms with Crippen LogP contribution in [0.2, 0.25) is 0 Å². The van der Waals surface area contributed by atoms with Gasteiger partial charge in [-0.1, -0.05) is 12.8 Å². The summed E-state index contributed by atoms with van der Waals surface area (Å²) in [6, 6.07) is 1.56. The number of nitrogens with zero attached hydrogens (tertiary/aromatic N) is 2. The van der Waals surface area contributed by atoms with Crippen molar-refractivity contribution >= 4 is 0 Å². The van der Waals surface area contributed by atoms with Crippen LogP contribution in [0.1, 0.15) is 99.8 Å². The topological polar surface area (TPSA) is 50.8 Å². The Morgan fingerprint density at radius 2 is 1.31 bits per heavy atom. The van der Waals surface area contributed by atoms with E-state index in [1.807, 2.05) is 0 Å². The first kappa shape index (κ1) is 25.1. The Balaban J connectivity index is 1.62. The van der Waals surface area contributed by atoms with E-state index in [9.17, 15) is 5.21 Å². The standard InChI is InChI=1S/C24H50N4O/c1-19-15-20(16-22(2,3)25-19)27(8)13-11-9-10-12-14-28(29)21-17-23(4,5)26-24(6,7)18-21/h19-21,25-26,29H,9-18H2,1-8H3. The molecule has 3 N–H and O–H groups in total. The highest BCUT2D eigenvalue weighted by molar-refractivity contribution is 4.99. The van der Waals surface area contributed by atoms with Crippen LogP contribution in [0.4, 0.5) is 0 Å². The highest BCUT2D eigenvalue weighted by Crippen LogP contribution is 2.31. The minimum atomic E-state index is 0.0820. The SMILES string of the molecule is CC1CC(N(C)CCCCCCN(O)C2CC(C)(C)NC(C)(C)C2)CC(C)(C)N1. The Morgan fingerprint density at radius 3 is 1.86 bits per heavy atom. The quantitative estimate of drug-likeness (QED) is 0.389. The van der Waals surface area contributed by atoms with Crippen LogP contribution >= 0.6 is 0 Å². The van der Waals surface area contributed by atoms with Crippen LogP contribution in [-0.2, 0) is 0 Å². The van der Waals surface area contributed by atoms with Gasteiger partial charge in [0.1, 0.15) is 0 Å². The summed E-state index contributed by atoms with van der Waals surface area (Å²) in [6.45, 7) is 17.9. The lowest BCUT2D eigenvalue weighted by Crippen LogP contribution is -2.61. The normalized spacial score (nSPS) is 29.5. The van der Waals surface area contributed by atoms with Gasteiger partial charge in [-0.15, -0.1) is 0 Å². The molecule has 0 aromatic rings. The van der Waals surface area contributed by atoms with Crippen molar-refractivity contribution in [1.29, 1.82) is 0 Å². The average Bonchev–Trinajstić information content (AvgIpc) is 2.52. The summed E-state index contributed by atoms with van der Waals surface area (Å²) in [6.07, 6.45) is 9.29. The van der Waals surface area contributed by atoms with Crippen LogP contribution in [0, 0.1) is 0 Å². The number of piperidine rings is 2. The van der Waals surface area contributed by atoms with Gasteiger partial charge in [0.05, 0.1) is 0 Å². The zero-order valence-corrected chi connectivity index (χ0v) is 20.6. The molecule has 0 amide bonds. The van der Waals surface area contributed by atoms with Crippen molar-refractivity contribution in [3.05, 3.63) is 0 Å². The molecular formula is C24H50N4O. The molecule has 172 valence electrons. The summed E-state index contributed by atoms with van der Waals surface area (Å²) in [7, 11) is 2.30. The molecule has 2 aliphatic rings. The Labute approximate surface area is 180 Å². The van der Waals surface area contributed by atoms with E-state index < -0.39 is 0 Å². The molecule has 29 heavy (non-hydrogen) atoms. The summed E-state index contributed by atoms with van der Waals surface area (Å²) >= 11 is 0. The van der Waals surface area contributed by atoms with Crippen LogP contribution in [0.25, 0.3) is 0 Å². The second-order valence-electron chi connectivity index (χ2n) is 12.0. The molecule has 2 rings (SSSR count). The van der Waals surface area contributed by atoms with Crippen molar-refractivity contribution in [2.75, 3.05) is 20.1 Å². The number of hydrogen-bond acceptors (Lipinski definition) is 5. The van der Waals surface area contributed by atoms with E-state index in [2.05, 4.69) is 71.0 Å². The number of hydroxylamine groups is 2. The molecule has 2 aliphatic heterocycles. The highest BCUT2D eigenvalue weighted by Gasteiger charge is 2.39. The molecule has 2 atom stereocenters. The summed E-state index contributed by atoms with van der Waals surface area (Å²) in [5, 5.41) is 19.7. The zero-order valence-electron chi connectivity index (χ0n) is 20.6. The van der Waals surface area contributed by atoms with Gasteiger partial charge < -0.3 is 20.7 Å². The van der Waals surface area contributed by atoms with Crippen molar-refractivity contribution < 1.29 is 5.21 Å². The second-order valence-corrected chi connectivity index (χ2v) is 12.0. The third kappa shape index (κ3) is 8.45. The van der Waals surface area contributed by atoms with Gasteiger partial charge in [0.25, 0.3) is 0 Å². The van der Waals surface area contributed by atoms with Crippen molar-refractivity contribution in [3.8, 4) is 0 Å². The number of unbranched alkanes of at least 4 members (excludes halogenated alkanes) is 3. The maximum atomic E-state index is 10.6. The van der Waals surface area contributed by atoms with Crippen LogP contribution < -0.4 is 10.6 Å². The van der Waals surface area contributed by atoms with Gasteiger partial charge in [0.2, 0.25) is 0 Å². The molecule has 0 aromatic heterocycles. The maximum Gasteiger partial charge on any atom is 0.0384 e. The fourth-order valence-corrected chi connectivity index (χ4v) is 6.03. The molecule has 0 bridgehead atoms. The molecule has 0 saturated carbocycles. The lowest BCUT2D eigenvalue weighted by Gasteiger charge is -2.48. The highest BCUT2D eigenvalue weighted by atomic mass is 16.5. The van der Waals surface area contributed by atoms with Crippen LogP contribution in [-0.4, -0.2) is 70.0 Å². The molecular weight excluding hydrogens is 360 g/mol. The Morgan fingerprint density at radius 1 is 0.793 bits per heavy atom. The Bertz CT molecular complexity index is 489. The monoisotopic (exact) mass is 410 g/mol. The van der Waals surface area contributed by atoms with E-state index in [0.717, 1.165) is 25.8 Å². The predicted molar refractivity (Wildman–Crippen MR) is 124 cm³/mol. The lowest BCUT2D eigenvalue weighted by molar-refractivity contribution is -0.149. The second kappa shape index (κ2) is 9.95. The Hall–Kier alpha value is -0.200. The zero-order chi connectivity index (χ0) is 21.9. The molecule has 0 aliphatic carbocycles. The van der Waals surface area contributed by atoms with Crippen molar-refractivity contribution in [3.63, 3.8) is 0 Å². The average molecular weight is 411 g/mol. The van der Waals surface area contributed by atoms with E-state index in [0.29, 0.717) is 12.1 Å². The Kier molecular flexibility index (Phi) is 8.60. The van der Waals surface area contributed by atoms with Crippen LogP contribution in [0.5, 0.6) is 0 Å². The van der Waals surface area contributed by atoms with Gasteiger partial charge in [-0.25, -0.2) is 0 Å². The van der Waals surface area contributed by atoms with Crippen molar-refractivity contribution in [2.24, 2.45) is 0 Å². The van der Waals surface area contributed by atoms with Crippen LogP contribution in [0.3, 0.4) is 0 Å². The van der Waals surface area contributed by atoms with Gasteiger partial charge in [-0.05, 0) is 101 Å². The minimum absolute atomic E-state index is 0.0820. The lowest BCUT2D eigenvalue weighted by atomic mass is 9.79. The third-order valence-corrected chi connectivity index (χ3v) is 6.87. The molecule has 2 fully saturated rings. The van der Waals surface area contributed by atoms with Crippen molar-refractivity contribution in [1.82, 2.24) is 20.6 Å². The first-order chi connectivity index (χ1) is 13.3. The smallest absolute Gasteiger partial charge is 0.0384 e. The fourth-order valence-electron chi connectivity index (χ4n) is 6.03. The summed E-state index contributed by atoms with van der Waals surface area (Å²) in [4.78, 5) is 2.58. The molecule has 5 heteroatoms. The summed E-state index contributed by atoms with van der Waals surface area (Å²) < 4.78 is 0. The molecule has 0 aromatic carbocycles. The molecule has 2 saturated heterocycles. The first-order valence-corrected chi connectivity index (χ1v) is 12.0. The molecule has 2 heterocycles. The van der Waals surface area contributed by atoms with E-state index in [1.54, 1.807) is 5.06 Å². The van der Waals surface area contributed by atoms with Gasteiger partial charge >= 0.3 is 0 Å². The number of hydrogen-bond donors (Lipinski definition) is 3. The van der Waals surface area contributed by atoms with E-state index in [4.69, 9.17) is 0 Å². The van der Waals surface area contributed by atoms with E-state index in [1.165, 1.54) is 38.6 Å². The van der Waals surface area contributed by atoms with Gasteiger partial charge in [-0.2, -0.15) is 5.06 Å². The van der Waals surface area contributed by atoms with E-state index in [-0.39, 0.29) is 22.7 Å². The van der Waals surface area contributed by atoms with Gasteiger partial charge in [0, 0.05) is 41.3 Å². The fraction of sp³-hybridized carbons (Fsp3) is 1.00. The van der Waals surface area contributed by atoms with Gasteiger partial charge in [0.15, 0.2) is 0 Å². The largest absolute Gasteiger partial charge is 0.314 e. The summed E-state index contributed by atoms with van der Waals surface area (Å²) in [5.41, 5.74) is 0.413.